The van der Waals surface area contributed by atoms with Gasteiger partial charge in [-0.15, -0.1) is 6.58 Å². The molecule has 5 rings (SSSR count). The van der Waals surface area contributed by atoms with Gasteiger partial charge in [-0.2, -0.15) is 0 Å². The van der Waals surface area contributed by atoms with Crippen LogP contribution in [0.1, 0.15) is 40.0 Å². The van der Waals surface area contributed by atoms with Crippen LogP contribution >= 0.6 is 0 Å². The number of benzene rings is 2. The van der Waals surface area contributed by atoms with Gasteiger partial charge in [0.1, 0.15) is 17.6 Å². The molecular weight excluding hydrogens is 496 g/mol. The number of unbranched alkanes of at least 4 members (excludes halogenated alkanes) is 1. The van der Waals surface area contributed by atoms with Crippen LogP contribution in [0.3, 0.4) is 0 Å². The quantitative estimate of drug-likeness (QED) is 0.284. The number of carbonyl (C=O) groups excluding carboxylic acids is 3. The Bertz CT molecular complexity index is 1290. The lowest BCUT2D eigenvalue weighted by atomic mass is 9.62. The third-order valence-electron chi connectivity index (χ3n) is 9.02. The summed E-state index contributed by atoms with van der Waals surface area (Å²) in [4.78, 5) is 45.3. The molecule has 1 N–H and O–H groups in total. The smallest absolute Gasteiger partial charge is 0.312 e. The maximum Gasteiger partial charge on any atom is 0.312 e. The van der Waals surface area contributed by atoms with Gasteiger partial charge in [-0.3, -0.25) is 14.4 Å². The Hall–Kier alpha value is -3.23. The number of nitrogens with zero attached hydrogens (tertiary/aromatic N) is 2. The van der Waals surface area contributed by atoms with Crippen molar-refractivity contribution in [2.45, 2.75) is 57.3 Å². The molecule has 208 valence electrons. The molecule has 0 saturated carbocycles. The van der Waals surface area contributed by atoms with Crippen LogP contribution in [0.15, 0.2) is 55.1 Å². The zero-order valence-corrected chi connectivity index (χ0v) is 23.0. The first-order valence-corrected chi connectivity index (χ1v) is 13.9. The second-order valence-corrected chi connectivity index (χ2v) is 11.2. The maximum atomic E-state index is 14.6. The highest BCUT2D eigenvalue weighted by Gasteiger charge is 2.80. The van der Waals surface area contributed by atoms with E-state index in [-0.39, 0.29) is 44.0 Å². The normalized spacial score (nSPS) is 31.0. The van der Waals surface area contributed by atoms with Gasteiger partial charge in [0, 0.05) is 25.4 Å². The monoisotopic (exact) mass is 534 g/mol. The molecule has 8 nitrogen and oxygen atoms in total. The van der Waals surface area contributed by atoms with Crippen molar-refractivity contribution < 1.29 is 29.0 Å². The van der Waals surface area contributed by atoms with Crippen molar-refractivity contribution in [3.05, 3.63) is 55.1 Å². The Morgan fingerprint density at radius 2 is 1.97 bits per heavy atom. The summed E-state index contributed by atoms with van der Waals surface area (Å²) in [6, 6.07) is 12.9. The van der Waals surface area contributed by atoms with Crippen molar-refractivity contribution in [3.63, 3.8) is 0 Å². The molecule has 39 heavy (non-hydrogen) atoms. The Labute approximate surface area is 229 Å². The summed E-state index contributed by atoms with van der Waals surface area (Å²) in [5.41, 5.74) is -1.35. The number of hydrogen-bond donors (Lipinski definition) is 1. The number of amides is 2. The van der Waals surface area contributed by atoms with Crippen molar-refractivity contribution in [2.24, 2.45) is 17.8 Å². The fraction of sp³-hybridized carbons (Fsp3) is 0.516. The average molecular weight is 535 g/mol. The number of anilines is 1. The predicted molar refractivity (Wildman–Crippen MR) is 148 cm³/mol. The lowest BCUT2D eigenvalue weighted by Gasteiger charge is -2.37. The molecule has 3 aliphatic rings. The molecule has 8 heteroatoms. The molecule has 0 radical (unpaired) electrons. The molecule has 6 atom stereocenters. The van der Waals surface area contributed by atoms with Crippen LogP contribution in [-0.4, -0.2) is 71.3 Å². The molecule has 1 spiro atoms. The summed E-state index contributed by atoms with van der Waals surface area (Å²) in [7, 11) is 0. The van der Waals surface area contributed by atoms with E-state index in [9.17, 15) is 19.5 Å². The van der Waals surface area contributed by atoms with Gasteiger partial charge in [-0.05, 0) is 61.9 Å². The van der Waals surface area contributed by atoms with E-state index in [4.69, 9.17) is 9.47 Å². The Morgan fingerprint density at radius 1 is 1.23 bits per heavy atom. The highest BCUT2D eigenvalue weighted by Crippen LogP contribution is 2.65. The molecule has 2 bridgehead atoms. The number of carbonyl (C=O) groups is 3. The van der Waals surface area contributed by atoms with Crippen molar-refractivity contribution in [2.75, 3.05) is 31.2 Å². The van der Waals surface area contributed by atoms with E-state index in [0.29, 0.717) is 24.9 Å². The van der Waals surface area contributed by atoms with Crippen LogP contribution in [0.5, 0.6) is 0 Å². The molecular formula is C31H38N2O6. The average Bonchev–Trinajstić information content (AvgIpc) is 3.43. The van der Waals surface area contributed by atoms with Gasteiger partial charge in [0.05, 0.1) is 18.1 Å². The minimum absolute atomic E-state index is 0.00799. The number of likely N-dealkylation sites (tertiary alicyclic amines) is 1. The summed E-state index contributed by atoms with van der Waals surface area (Å²) in [6.07, 6.45) is 3.19. The molecule has 3 saturated heterocycles. The fourth-order valence-corrected chi connectivity index (χ4v) is 7.19. The van der Waals surface area contributed by atoms with Crippen LogP contribution in [0.25, 0.3) is 10.8 Å². The van der Waals surface area contributed by atoms with Gasteiger partial charge in [-0.25, -0.2) is 0 Å². The van der Waals surface area contributed by atoms with Crippen molar-refractivity contribution in [3.8, 4) is 0 Å². The number of fused-ring (bicyclic) bond motifs is 2. The summed E-state index contributed by atoms with van der Waals surface area (Å²) in [5.74, 6) is -2.61. The van der Waals surface area contributed by atoms with Crippen molar-refractivity contribution in [1.29, 1.82) is 0 Å². The first-order chi connectivity index (χ1) is 18.7. The predicted octanol–water partition coefficient (Wildman–Crippen LogP) is 3.71. The molecule has 2 aromatic carbocycles. The van der Waals surface area contributed by atoms with Gasteiger partial charge in [0.15, 0.2) is 0 Å². The lowest BCUT2D eigenvalue weighted by Crippen LogP contribution is -2.57. The standard InChI is InChI=1S/C31H38N2O6/c1-5-15-32(23-14-13-21-11-7-8-12-22(21)18-23)28(36)26-31-19-20(3)30(4,39-31)25(29(37)38-6-2)24(31)27(35)33(26)16-9-10-17-34/h5,7-8,11-14,18,20,24-26,34H,1,6,9-10,15-17,19H2,2-4H3/t20?,24-,25-,26?,30+,31?/m0/s1. The lowest BCUT2D eigenvalue weighted by molar-refractivity contribution is -0.161. The van der Waals surface area contributed by atoms with Gasteiger partial charge in [-0.1, -0.05) is 43.3 Å². The molecule has 3 unspecified atom stereocenters. The summed E-state index contributed by atoms with van der Waals surface area (Å²) in [6.45, 7) is 10.3. The van der Waals surface area contributed by atoms with Crippen molar-refractivity contribution in [1.82, 2.24) is 4.90 Å². The highest BCUT2D eigenvalue weighted by molar-refractivity contribution is 6.05. The first kappa shape index (κ1) is 27.3. The molecule has 2 aromatic rings. The number of aliphatic hydroxyl groups is 1. The maximum absolute atomic E-state index is 14.6. The third-order valence-corrected chi connectivity index (χ3v) is 9.02. The van der Waals surface area contributed by atoms with Crippen LogP contribution < -0.4 is 4.90 Å². The summed E-state index contributed by atoms with van der Waals surface area (Å²) >= 11 is 0. The number of aliphatic hydroxyl groups excluding tert-OH is 1. The van der Waals surface area contributed by atoms with Gasteiger partial charge in [0.25, 0.3) is 5.91 Å². The van der Waals surface area contributed by atoms with Crippen LogP contribution in [0.4, 0.5) is 5.69 Å². The number of rotatable bonds is 10. The molecule has 3 fully saturated rings. The minimum atomic E-state index is -1.14. The minimum Gasteiger partial charge on any atom is -0.466 e. The molecule has 3 heterocycles. The number of hydrogen-bond acceptors (Lipinski definition) is 6. The molecule has 2 amide bonds. The first-order valence-electron chi connectivity index (χ1n) is 13.9. The molecule has 3 aliphatic heterocycles. The van der Waals surface area contributed by atoms with Crippen LogP contribution in [-0.2, 0) is 23.9 Å². The van der Waals surface area contributed by atoms with E-state index in [1.54, 1.807) is 22.8 Å². The third kappa shape index (κ3) is 4.16. The second kappa shape index (κ2) is 10.4. The number of esters is 1. The highest BCUT2D eigenvalue weighted by atomic mass is 16.6. The van der Waals surface area contributed by atoms with Gasteiger partial charge < -0.3 is 24.4 Å². The van der Waals surface area contributed by atoms with E-state index in [0.717, 1.165) is 10.8 Å². The van der Waals surface area contributed by atoms with Gasteiger partial charge in [0.2, 0.25) is 5.91 Å². The zero-order chi connectivity index (χ0) is 27.9. The van der Waals surface area contributed by atoms with Gasteiger partial charge >= 0.3 is 5.97 Å². The van der Waals surface area contributed by atoms with E-state index in [1.807, 2.05) is 56.3 Å². The van der Waals surface area contributed by atoms with Crippen LogP contribution in [0, 0.1) is 17.8 Å². The second-order valence-electron chi connectivity index (χ2n) is 11.2. The van der Waals surface area contributed by atoms with E-state index >= 15 is 0 Å². The van der Waals surface area contributed by atoms with Crippen molar-refractivity contribution >= 4 is 34.2 Å². The summed E-state index contributed by atoms with van der Waals surface area (Å²) < 4.78 is 12.2. The van der Waals surface area contributed by atoms with E-state index in [2.05, 4.69) is 6.58 Å². The molecule has 0 aromatic heterocycles. The summed E-state index contributed by atoms with van der Waals surface area (Å²) in [5, 5.41) is 11.5. The Balaban J connectivity index is 1.60. The topological polar surface area (TPSA) is 96.4 Å². The SMILES string of the molecule is C=CCN(C(=O)C1N(CCCCO)C(=O)[C@@H]2[C@@H](C(=O)OCC)[C@]3(C)OC12CC3C)c1ccc2ccccc2c1. The largest absolute Gasteiger partial charge is 0.466 e. The Morgan fingerprint density at radius 3 is 2.67 bits per heavy atom. The van der Waals surface area contributed by atoms with E-state index in [1.165, 1.54) is 0 Å². The zero-order valence-electron chi connectivity index (χ0n) is 23.0. The molecule has 0 aliphatic carbocycles. The fourth-order valence-electron chi connectivity index (χ4n) is 7.19. The van der Waals surface area contributed by atoms with Crippen LogP contribution in [0.2, 0.25) is 0 Å². The van der Waals surface area contributed by atoms with E-state index < -0.39 is 35.0 Å². The Kier molecular flexibility index (Phi) is 7.29. The number of ether oxygens (including phenoxy) is 2.